The van der Waals surface area contributed by atoms with Crippen molar-refractivity contribution in [1.29, 1.82) is 0 Å². The van der Waals surface area contributed by atoms with Gasteiger partial charge in [-0.15, -0.1) is 0 Å². The van der Waals surface area contributed by atoms with Crippen molar-refractivity contribution in [1.82, 2.24) is 29.4 Å². The van der Waals surface area contributed by atoms with Crippen LogP contribution >= 0.6 is 0 Å². The highest BCUT2D eigenvalue weighted by Crippen LogP contribution is 2.54. The fraction of sp³-hybridized carbons (Fsp3) is 0.567. The number of hydrogen-bond acceptors (Lipinski definition) is 16. The number of pyridine rings is 1. The summed E-state index contributed by atoms with van der Waals surface area (Å²) < 4.78 is 54.4. The predicted molar refractivity (Wildman–Crippen MR) is 306 cm³/mol. The zero-order valence-corrected chi connectivity index (χ0v) is 46.8. The van der Waals surface area contributed by atoms with Gasteiger partial charge in [-0.3, -0.25) is 24.7 Å². The van der Waals surface area contributed by atoms with Crippen molar-refractivity contribution in [2.24, 2.45) is 11.3 Å². The number of H-pyrrole nitrogens is 1. The van der Waals surface area contributed by atoms with Gasteiger partial charge in [-0.1, -0.05) is 24.3 Å². The topological polar surface area (TPSA) is 200 Å². The van der Waals surface area contributed by atoms with Crippen LogP contribution in [0.1, 0.15) is 98.2 Å². The van der Waals surface area contributed by atoms with Crippen LogP contribution in [0.2, 0.25) is 0 Å². The van der Waals surface area contributed by atoms with E-state index in [9.17, 15) is 23.3 Å². The molecule has 6 saturated heterocycles. The predicted octanol–water partition coefficient (Wildman–Crippen LogP) is 8.18. The lowest BCUT2D eigenvalue weighted by Crippen LogP contribution is -2.61. The number of benzene rings is 3. The van der Waals surface area contributed by atoms with Crippen LogP contribution in [-0.4, -0.2) is 166 Å². The van der Waals surface area contributed by atoms with Gasteiger partial charge < -0.3 is 43.9 Å². The number of piperazine rings is 1. The summed E-state index contributed by atoms with van der Waals surface area (Å²) in [7, 11) is -4.61. The Hall–Kier alpha value is -5.87. The van der Waals surface area contributed by atoms with Gasteiger partial charge in [0.2, 0.25) is 5.88 Å². The monoisotopic (exact) mass is 1110 g/mol. The molecule has 1 aliphatic carbocycles. The minimum atomic E-state index is -4.61. The number of nitro groups is 1. The summed E-state index contributed by atoms with van der Waals surface area (Å²) in [5.74, 6) is -0.210. The summed E-state index contributed by atoms with van der Waals surface area (Å²) in [6.45, 7) is 13.9. The molecule has 20 heteroatoms. The third-order valence-corrected chi connectivity index (χ3v) is 20.8. The highest BCUT2D eigenvalue weighted by molar-refractivity contribution is 7.90. The Morgan fingerprint density at radius 1 is 0.800 bits per heavy atom. The molecule has 7 fully saturated rings. The first kappa shape index (κ1) is 53.4. The quantitative estimate of drug-likeness (QED) is 0.0752. The molecule has 1 amide bonds. The molecule has 80 heavy (non-hydrogen) atoms. The molecule has 7 aliphatic heterocycles. The van der Waals surface area contributed by atoms with E-state index < -0.39 is 37.5 Å². The van der Waals surface area contributed by atoms with Crippen LogP contribution in [0.4, 0.5) is 28.4 Å². The van der Waals surface area contributed by atoms with Crippen LogP contribution in [0.5, 0.6) is 5.88 Å². The van der Waals surface area contributed by atoms with Gasteiger partial charge >= 0.3 is 0 Å². The van der Waals surface area contributed by atoms with E-state index >= 15 is 0 Å². The van der Waals surface area contributed by atoms with Crippen molar-refractivity contribution >= 4 is 55.4 Å². The maximum Gasteiger partial charge on any atom is 0.293 e. The maximum atomic E-state index is 14.8. The van der Waals surface area contributed by atoms with Gasteiger partial charge in [0, 0.05) is 120 Å². The van der Waals surface area contributed by atoms with E-state index in [1.807, 2.05) is 30.5 Å². The first-order valence-electron chi connectivity index (χ1n) is 29.4. The second-order valence-electron chi connectivity index (χ2n) is 24.0. The number of piperidine rings is 2. The minimum Gasteiger partial charge on any atom is -0.468 e. The standard InChI is InChI=1S/C60H76N10O9S/c1-40-4-2-3-5-48(40)55-38-67(43-11-21-65(22-12-43)44-15-29-77-30-16-44)25-26-68(55)46-35-60(36-46)18-23-66(24-19-60)45-6-8-49(52(33-45)69-51-17-31-78-39-56(51)79-59-54(69)32-42-10-20-61-57(42)63-59)58(71)64-80(74,75)47-7-9-50(53(34-47)70(72)73)62-37-41-13-27-76-28-14-41/h2-10,20,32-34,41,43-44,46,51,55-56,62H,11-19,21-31,35-39H2,1H3,(H,61,63)(H,64,71)/t51-,55-,56-/m0/s1. The van der Waals surface area contributed by atoms with E-state index in [2.05, 4.69) is 70.7 Å². The molecule has 426 valence electrons. The second-order valence-corrected chi connectivity index (χ2v) is 25.6. The van der Waals surface area contributed by atoms with Crippen molar-refractivity contribution in [3.63, 3.8) is 0 Å². The Morgan fingerprint density at radius 2 is 1.55 bits per heavy atom. The Labute approximate surface area is 468 Å². The molecule has 9 heterocycles. The van der Waals surface area contributed by atoms with Crippen molar-refractivity contribution in [2.45, 2.75) is 119 Å². The van der Waals surface area contributed by atoms with Gasteiger partial charge in [-0.05, 0) is 156 Å². The molecule has 1 saturated carbocycles. The van der Waals surface area contributed by atoms with Crippen molar-refractivity contribution in [3.05, 3.63) is 106 Å². The van der Waals surface area contributed by atoms with Gasteiger partial charge in [0.25, 0.3) is 21.6 Å². The molecule has 3 atom stereocenters. The van der Waals surface area contributed by atoms with E-state index in [0.29, 0.717) is 86.5 Å². The number of amides is 1. The van der Waals surface area contributed by atoms with Crippen LogP contribution in [0, 0.1) is 28.4 Å². The summed E-state index contributed by atoms with van der Waals surface area (Å²) >= 11 is 0. The van der Waals surface area contributed by atoms with Crippen LogP contribution in [0.3, 0.4) is 0 Å². The summed E-state index contributed by atoms with van der Waals surface area (Å²) in [6, 6.07) is 24.3. The number of rotatable bonds is 13. The summed E-state index contributed by atoms with van der Waals surface area (Å²) in [6.07, 6.45) is 12.9. The number of ether oxygens (including phenoxy) is 4. The third-order valence-electron chi connectivity index (χ3n) is 19.4. The number of likely N-dealkylation sites (tertiary alicyclic amines) is 1. The van der Waals surface area contributed by atoms with Crippen molar-refractivity contribution in [2.75, 3.05) is 107 Å². The van der Waals surface area contributed by atoms with E-state index in [1.165, 1.54) is 62.0 Å². The molecule has 2 aromatic heterocycles. The molecule has 0 radical (unpaired) electrons. The van der Waals surface area contributed by atoms with Crippen LogP contribution in [-0.2, 0) is 24.2 Å². The van der Waals surface area contributed by atoms with Crippen molar-refractivity contribution in [3.8, 4) is 5.88 Å². The number of nitrogens with one attached hydrogen (secondary N) is 3. The Bertz CT molecular complexity index is 3180. The zero-order chi connectivity index (χ0) is 54.5. The minimum absolute atomic E-state index is 0.132. The maximum absolute atomic E-state index is 14.8. The van der Waals surface area contributed by atoms with E-state index in [0.717, 1.165) is 102 Å². The van der Waals surface area contributed by atoms with Crippen LogP contribution in [0.15, 0.2) is 83.9 Å². The average molecular weight is 1110 g/mol. The number of anilines is 4. The number of sulfonamides is 1. The molecule has 19 nitrogen and oxygen atoms in total. The SMILES string of the molecule is Cc1ccccc1[C@@H]1CN(C2CCN(C3CCOCC3)CC2)CCN1C1CC2(CCN(c3ccc(C(=O)NS(=O)(=O)c4ccc(NCC5CCOCC5)c([N+](=O)[O-])c4)c(N4c5cc6cc[nH]c6nc5O[C@H]5COCC[C@@H]54)c3)CC2)C1. The molecule has 0 bridgehead atoms. The molecule has 1 spiro atoms. The molecule has 3 N–H and O–H groups in total. The summed E-state index contributed by atoms with van der Waals surface area (Å²) in [5, 5.41) is 16.4. The first-order chi connectivity index (χ1) is 39.0. The normalized spacial score (nSPS) is 24.9. The lowest BCUT2D eigenvalue weighted by molar-refractivity contribution is -0.384. The molecular formula is C60H76N10O9S. The molecule has 8 aliphatic rings. The van der Waals surface area contributed by atoms with E-state index in [1.54, 1.807) is 6.07 Å². The number of nitrogens with zero attached hydrogens (tertiary/aromatic N) is 7. The molecule has 13 rings (SSSR count). The lowest BCUT2D eigenvalue weighted by atomic mass is 9.59. The van der Waals surface area contributed by atoms with Gasteiger partial charge in [0.15, 0.2) is 0 Å². The zero-order valence-electron chi connectivity index (χ0n) is 45.9. The van der Waals surface area contributed by atoms with Gasteiger partial charge in [0.1, 0.15) is 23.1 Å². The molecular weight excluding hydrogens is 1040 g/mol. The number of nitro benzene ring substituents is 1. The number of aryl methyl sites for hydroxylation is 1. The third kappa shape index (κ3) is 10.6. The van der Waals surface area contributed by atoms with Gasteiger partial charge in [-0.25, -0.2) is 13.1 Å². The van der Waals surface area contributed by atoms with E-state index in [4.69, 9.17) is 23.9 Å². The number of fused-ring (bicyclic) bond motifs is 3. The largest absolute Gasteiger partial charge is 0.468 e. The number of carbonyl (C=O) groups is 1. The highest BCUT2D eigenvalue weighted by Gasteiger charge is 2.51. The fourth-order valence-corrected chi connectivity index (χ4v) is 15.8. The first-order valence-corrected chi connectivity index (χ1v) is 30.9. The highest BCUT2D eigenvalue weighted by atomic mass is 32.2. The van der Waals surface area contributed by atoms with E-state index in [-0.39, 0.29) is 28.6 Å². The number of carbonyl (C=O) groups excluding carboxylic acids is 1. The number of aromatic nitrogens is 2. The van der Waals surface area contributed by atoms with Crippen molar-refractivity contribution < 1.29 is 37.1 Å². The van der Waals surface area contributed by atoms with Gasteiger partial charge in [0.05, 0.1) is 33.7 Å². The summed E-state index contributed by atoms with van der Waals surface area (Å²) in [4.78, 5) is 47.2. The smallest absolute Gasteiger partial charge is 0.293 e. The summed E-state index contributed by atoms with van der Waals surface area (Å²) in [5.41, 5.74) is 5.81. The Kier molecular flexibility index (Phi) is 15.0. The fourth-order valence-electron chi connectivity index (χ4n) is 14.8. The average Bonchev–Trinajstić information content (AvgIpc) is 4.03. The number of aromatic amines is 1. The Balaban J connectivity index is 0.739. The number of hydrogen-bond donors (Lipinski definition) is 3. The van der Waals surface area contributed by atoms with Crippen LogP contribution < -0.4 is 24.6 Å². The second kappa shape index (κ2) is 22.5. The van der Waals surface area contributed by atoms with Gasteiger partial charge in [-0.2, -0.15) is 4.98 Å². The molecule has 5 aromatic rings. The Morgan fingerprint density at radius 3 is 2.33 bits per heavy atom. The molecule has 0 unspecified atom stereocenters. The lowest BCUT2D eigenvalue weighted by Gasteiger charge is -2.59. The van der Waals surface area contributed by atoms with Crippen LogP contribution in [0.25, 0.3) is 11.0 Å². The molecule has 3 aromatic carbocycles.